The number of anilines is 1. The molecule has 2 aromatic rings. The Morgan fingerprint density at radius 3 is 2.47 bits per heavy atom. The highest BCUT2D eigenvalue weighted by atomic mass is 79.9. The maximum absolute atomic E-state index is 13.1. The summed E-state index contributed by atoms with van der Waals surface area (Å²) >= 11 is 3.36. The highest BCUT2D eigenvalue weighted by Gasteiger charge is 2.42. The molecule has 9 heteroatoms. The van der Waals surface area contributed by atoms with Crippen LogP contribution in [0, 0.1) is 6.92 Å². The van der Waals surface area contributed by atoms with E-state index in [0.29, 0.717) is 11.3 Å². The van der Waals surface area contributed by atoms with Crippen molar-refractivity contribution < 1.29 is 14.4 Å². The normalized spacial score (nSPS) is 15.8. The van der Waals surface area contributed by atoms with Crippen molar-refractivity contribution in [2.75, 3.05) is 31.5 Å². The van der Waals surface area contributed by atoms with Gasteiger partial charge in [0.05, 0.1) is 0 Å². The van der Waals surface area contributed by atoms with E-state index in [2.05, 4.69) is 26.6 Å². The van der Waals surface area contributed by atoms with Gasteiger partial charge in [0.15, 0.2) is 6.17 Å². The second-order valence-electron chi connectivity index (χ2n) is 6.95. The Balaban J connectivity index is 1.83. The van der Waals surface area contributed by atoms with Crippen LogP contribution in [0.25, 0.3) is 0 Å². The number of hydrogen-bond donors (Lipinski definition) is 3. The van der Waals surface area contributed by atoms with Crippen LogP contribution in [0.3, 0.4) is 0 Å². The molecule has 158 valence electrons. The first-order chi connectivity index (χ1) is 14.4. The van der Waals surface area contributed by atoms with Gasteiger partial charge in [-0.1, -0.05) is 39.7 Å². The smallest absolute Gasteiger partial charge is 0.323 e. The molecule has 1 aliphatic rings. The molecule has 1 atom stereocenters. The summed E-state index contributed by atoms with van der Waals surface area (Å²) in [6.45, 7) is 2.93. The van der Waals surface area contributed by atoms with Crippen LogP contribution in [0.2, 0.25) is 0 Å². The van der Waals surface area contributed by atoms with Gasteiger partial charge < -0.3 is 21.3 Å². The number of carbonyl (C=O) groups is 3. The number of nitrogens with two attached hydrogens (primary N) is 1. The van der Waals surface area contributed by atoms with E-state index < -0.39 is 18.1 Å². The molecular formula is C21H24BrN5O3. The summed E-state index contributed by atoms with van der Waals surface area (Å²) in [6.07, 6.45) is -1.06. The molecule has 0 radical (unpaired) electrons. The lowest BCUT2D eigenvalue weighted by atomic mass is 10.1. The number of urea groups is 1. The molecular weight excluding hydrogens is 450 g/mol. The minimum Gasteiger partial charge on any atom is -0.351 e. The Hall–Kier alpha value is -2.91. The van der Waals surface area contributed by atoms with Gasteiger partial charge >= 0.3 is 6.03 Å². The van der Waals surface area contributed by atoms with Crippen molar-refractivity contribution in [3.05, 3.63) is 64.1 Å². The van der Waals surface area contributed by atoms with Crippen LogP contribution in [-0.2, 0) is 4.79 Å². The van der Waals surface area contributed by atoms with Crippen molar-refractivity contribution in [3.8, 4) is 0 Å². The van der Waals surface area contributed by atoms with Gasteiger partial charge in [-0.3, -0.25) is 14.5 Å². The molecule has 4 N–H and O–H groups in total. The van der Waals surface area contributed by atoms with Gasteiger partial charge in [-0.05, 0) is 37.3 Å². The monoisotopic (exact) mass is 473 g/mol. The molecule has 1 saturated heterocycles. The molecule has 2 aromatic carbocycles. The van der Waals surface area contributed by atoms with Crippen LogP contribution in [-0.4, -0.2) is 60.0 Å². The van der Waals surface area contributed by atoms with Gasteiger partial charge in [-0.25, -0.2) is 4.79 Å². The fraction of sp³-hybridized carbons (Fsp3) is 0.286. The first-order valence-corrected chi connectivity index (χ1v) is 10.4. The fourth-order valence-electron chi connectivity index (χ4n) is 3.25. The van der Waals surface area contributed by atoms with E-state index in [1.54, 1.807) is 30.3 Å². The van der Waals surface area contributed by atoms with Crippen LogP contribution >= 0.6 is 15.9 Å². The van der Waals surface area contributed by atoms with Gasteiger partial charge in [0.25, 0.3) is 11.8 Å². The molecule has 1 heterocycles. The Morgan fingerprint density at radius 2 is 1.80 bits per heavy atom. The Kier molecular flexibility index (Phi) is 7.07. The van der Waals surface area contributed by atoms with E-state index >= 15 is 0 Å². The van der Waals surface area contributed by atoms with Crippen LogP contribution in [0.4, 0.5) is 10.5 Å². The maximum atomic E-state index is 13.1. The quantitative estimate of drug-likeness (QED) is 0.617. The van der Waals surface area contributed by atoms with Crippen molar-refractivity contribution in [1.82, 2.24) is 15.1 Å². The van der Waals surface area contributed by atoms with Crippen molar-refractivity contribution in [3.63, 3.8) is 0 Å². The number of benzene rings is 2. The third-order valence-corrected chi connectivity index (χ3v) is 5.24. The number of aryl methyl sites for hydroxylation is 1. The number of halogens is 1. The van der Waals surface area contributed by atoms with Gasteiger partial charge in [0, 0.05) is 41.9 Å². The van der Waals surface area contributed by atoms with Gasteiger partial charge in [0.2, 0.25) is 0 Å². The summed E-state index contributed by atoms with van der Waals surface area (Å²) in [5, 5.41) is 5.48. The molecule has 1 aliphatic heterocycles. The third kappa shape index (κ3) is 4.98. The van der Waals surface area contributed by atoms with Gasteiger partial charge in [0.1, 0.15) is 0 Å². The first kappa shape index (κ1) is 21.8. The molecule has 0 aromatic heterocycles. The SMILES string of the molecule is Cc1ccc(C(=O)N2CCN(C(=O)Nc3cccc(Br)c3)C2C(=O)NCCN)cc1. The molecule has 0 aliphatic carbocycles. The highest BCUT2D eigenvalue weighted by molar-refractivity contribution is 9.10. The minimum absolute atomic E-state index is 0.234. The lowest BCUT2D eigenvalue weighted by molar-refractivity contribution is -0.127. The lowest BCUT2D eigenvalue weighted by Crippen LogP contribution is -2.55. The van der Waals surface area contributed by atoms with E-state index in [9.17, 15) is 14.4 Å². The second-order valence-corrected chi connectivity index (χ2v) is 7.87. The molecule has 0 spiro atoms. The van der Waals surface area contributed by atoms with E-state index in [4.69, 9.17) is 5.73 Å². The molecule has 1 fully saturated rings. The molecule has 0 saturated carbocycles. The molecule has 3 rings (SSSR count). The van der Waals surface area contributed by atoms with Crippen molar-refractivity contribution in [2.45, 2.75) is 13.1 Å². The zero-order valence-corrected chi connectivity index (χ0v) is 18.2. The zero-order chi connectivity index (χ0) is 21.7. The Morgan fingerprint density at radius 1 is 1.10 bits per heavy atom. The predicted molar refractivity (Wildman–Crippen MR) is 118 cm³/mol. The van der Waals surface area contributed by atoms with Crippen LogP contribution in [0.1, 0.15) is 15.9 Å². The first-order valence-electron chi connectivity index (χ1n) is 9.59. The predicted octanol–water partition coefficient (Wildman–Crippen LogP) is 2.15. The molecule has 30 heavy (non-hydrogen) atoms. The average Bonchev–Trinajstić information content (AvgIpc) is 3.17. The molecule has 8 nitrogen and oxygen atoms in total. The second kappa shape index (κ2) is 9.73. The average molecular weight is 474 g/mol. The fourth-order valence-corrected chi connectivity index (χ4v) is 3.65. The van der Waals surface area contributed by atoms with Crippen molar-refractivity contribution in [1.29, 1.82) is 0 Å². The van der Waals surface area contributed by atoms with Crippen molar-refractivity contribution in [2.24, 2.45) is 5.73 Å². The number of rotatable bonds is 5. The topological polar surface area (TPSA) is 108 Å². The van der Waals surface area contributed by atoms with E-state index in [1.165, 1.54) is 9.80 Å². The van der Waals surface area contributed by atoms with E-state index in [0.717, 1.165) is 10.0 Å². The summed E-state index contributed by atoms with van der Waals surface area (Å²) in [5.74, 6) is -0.747. The van der Waals surface area contributed by atoms with Crippen LogP contribution in [0.15, 0.2) is 53.0 Å². The minimum atomic E-state index is -1.06. The summed E-state index contributed by atoms with van der Waals surface area (Å²) in [5.41, 5.74) is 7.57. The Bertz CT molecular complexity index is 934. The number of amides is 4. The largest absolute Gasteiger partial charge is 0.351 e. The number of nitrogens with zero attached hydrogens (tertiary/aromatic N) is 2. The van der Waals surface area contributed by atoms with E-state index in [-0.39, 0.29) is 32.1 Å². The van der Waals surface area contributed by atoms with Crippen LogP contribution in [0.5, 0.6) is 0 Å². The number of hydrogen-bond acceptors (Lipinski definition) is 4. The lowest BCUT2D eigenvalue weighted by Gasteiger charge is -2.29. The zero-order valence-electron chi connectivity index (χ0n) is 16.6. The standard InChI is InChI=1S/C21H24BrN5O3/c1-14-5-7-15(8-6-14)20(29)26-11-12-27(19(26)18(28)24-10-9-23)21(30)25-17-4-2-3-16(22)13-17/h2-8,13,19H,9-12,23H2,1H3,(H,24,28)(H,25,30). The van der Waals surface area contributed by atoms with Gasteiger partial charge in [-0.15, -0.1) is 0 Å². The molecule has 0 bridgehead atoms. The van der Waals surface area contributed by atoms with E-state index in [1.807, 2.05) is 25.1 Å². The number of carbonyl (C=O) groups excluding carboxylic acids is 3. The summed E-state index contributed by atoms with van der Waals surface area (Å²) in [7, 11) is 0. The summed E-state index contributed by atoms with van der Waals surface area (Å²) < 4.78 is 0.815. The molecule has 4 amide bonds. The van der Waals surface area contributed by atoms with Gasteiger partial charge in [-0.2, -0.15) is 0 Å². The molecule has 1 unspecified atom stereocenters. The third-order valence-electron chi connectivity index (χ3n) is 4.75. The summed E-state index contributed by atoms with van der Waals surface area (Å²) in [6, 6.07) is 13.8. The van der Waals surface area contributed by atoms with Crippen LogP contribution < -0.4 is 16.4 Å². The Labute approximate surface area is 183 Å². The summed E-state index contributed by atoms with van der Waals surface area (Å²) in [4.78, 5) is 41.6. The number of nitrogens with one attached hydrogen (secondary N) is 2. The van der Waals surface area contributed by atoms with Crippen molar-refractivity contribution >= 4 is 39.5 Å². The maximum Gasteiger partial charge on any atom is 0.323 e. The highest BCUT2D eigenvalue weighted by Crippen LogP contribution is 2.21.